The van der Waals surface area contributed by atoms with Crippen molar-refractivity contribution < 1.29 is 22.7 Å². The smallest absolute Gasteiger partial charge is 0.422 e. The second-order valence-electron chi connectivity index (χ2n) is 3.24. The molecule has 0 unspecified atom stereocenters. The monoisotopic (exact) mass is 302 g/mol. The number of aromatic nitrogens is 1. The summed E-state index contributed by atoms with van der Waals surface area (Å²) in [4.78, 5) is 14.7. The number of rotatable bonds is 2. The van der Waals surface area contributed by atoms with E-state index in [-0.39, 0.29) is 16.0 Å². The molecule has 1 heterocycles. The Kier molecular flexibility index (Phi) is 4.64. The van der Waals surface area contributed by atoms with E-state index in [4.69, 9.17) is 23.2 Å². The number of hydrogen-bond acceptors (Lipinski definition) is 3. The van der Waals surface area contributed by atoms with Gasteiger partial charge in [0.25, 0.3) is 0 Å². The minimum atomic E-state index is -4.59. The second kappa shape index (κ2) is 5.62. The van der Waals surface area contributed by atoms with Crippen LogP contribution in [0.5, 0.6) is 0 Å². The van der Waals surface area contributed by atoms with Gasteiger partial charge in [-0.1, -0.05) is 23.2 Å². The number of anilines is 1. The highest BCUT2D eigenvalue weighted by Crippen LogP contribution is 2.26. The lowest BCUT2D eigenvalue weighted by atomic mass is 10.2. The average molecular weight is 303 g/mol. The summed E-state index contributed by atoms with van der Waals surface area (Å²) in [6.45, 7) is -0.130. The largest absolute Gasteiger partial charge is 0.440 e. The summed E-state index contributed by atoms with van der Waals surface area (Å²) < 4.78 is 39.4. The molecule has 0 aromatic carbocycles. The first kappa shape index (κ1) is 14.8. The van der Waals surface area contributed by atoms with E-state index in [9.17, 15) is 18.0 Å². The SMILES string of the molecule is Cc1cc(Cl)nc(Cl)c1NC(=O)OCC(F)(F)F. The summed E-state index contributed by atoms with van der Waals surface area (Å²) in [5.41, 5.74) is 0.497. The van der Waals surface area contributed by atoms with Gasteiger partial charge in [0.15, 0.2) is 11.8 Å². The van der Waals surface area contributed by atoms with Crippen LogP contribution in [-0.4, -0.2) is 23.9 Å². The zero-order valence-electron chi connectivity index (χ0n) is 8.94. The normalized spacial score (nSPS) is 11.2. The molecule has 0 radical (unpaired) electrons. The summed E-state index contributed by atoms with van der Waals surface area (Å²) in [6.07, 6.45) is -5.87. The first-order valence-corrected chi connectivity index (χ1v) is 5.28. The van der Waals surface area contributed by atoms with E-state index in [1.165, 1.54) is 6.07 Å². The van der Waals surface area contributed by atoms with Gasteiger partial charge in [-0.25, -0.2) is 9.78 Å². The Labute approximate surface area is 110 Å². The molecule has 1 aromatic rings. The highest BCUT2D eigenvalue weighted by atomic mass is 35.5. The van der Waals surface area contributed by atoms with E-state index in [0.29, 0.717) is 5.56 Å². The molecule has 100 valence electrons. The molecule has 0 aliphatic rings. The van der Waals surface area contributed by atoms with Crippen LogP contribution in [0.2, 0.25) is 10.3 Å². The molecular weight excluding hydrogens is 296 g/mol. The number of aryl methyl sites for hydroxylation is 1. The highest BCUT2D eigenvalue weighted by molar-refractivity contribution is 6.34. The van der Waals surface area contributed by atoms with Crippen molar-refractivity contribution in [3.63, 3.8) is 0 Å². The predicted molar refractivity (Wildman–Crippen MR) is 60.0 cm³/mol. The zero-order chi connectivity index (χ0) is 13.9. The van der Waals surface area contributed by atoms with E-state index in [1.54, 1.807) is 6.92 Å². The van der Waals surface area contributed by atoms with Gasteiger partial charge in [-0.3, -0.25) is 5.32 Å². The first-order chi connectivity index (χ1) is 8.19. The Morgan fingerprint density at radius 1 is 1.50 bits per heavy atom. The van der Waals surface area contributed by atoms with Gasteiger partial charge < -0.3 is 4.74 Å². The van der Waals surface area contributed by atoms with Crippen LogP contribution in [0.25, 0.3) is 0 Å². The molecule has 1 rings (SSSR count). The minimum Gasteiger partial charge on any atom is -0.440 e. The van der Waals surface area contributed by atoms with Crippen LogP contribution in [-0.2, 0) is 4.74 Å². The van der Waals surface area contributed by atoms with Crippen LogP contribution < -0.4 is 5.32 Å². The van der Waals surface area contributed by atoms with Crippen molar-refractivity contribution in [2.24, 2.45) is 0 Å². The fourth-order valence-electron chi connectivity index (χ4n) is 1.03. The van der Waals surface area contributed by atoms with Crippen molar-refractivity contribution in [1.29, 1.82) is 0 Å². The summed E-state index contributed by atoms with van der Waals surface area (Å²) in [5, 5.41) is 2.03. The molecule has 0 aliphatic carbocycles. The van der Waals surface area contributed by atoms with Crippen LogP contribution in [0, 0.1) is 6.92 Å². The maximum absolute atomic E-state index is 11.8. The second-order valence-corrected chi connectivity index (χ2v) is 3.99. The zero-order valence-corrected chi connectivity index (χ0v) is 10.4. The van der Waals surface area contributed by atoms with Crippen molar-refractivity contribution in [2.45, 2.75) is 13.1 Å². The van der Waals surface area contributed by atoms with Crippen LogP contribution in [0.1, 0.15) is 5.56 Å². The van der Waals surface area contributed by atoms with Gasteiger partial charge in [0.2, 0.25) is 0 Å². The lowest BCUT2D eigenvalue weighted by Crippen LogP contribution is -2.23. The van der Waals surface area contributed by atoms with Crippen molar-refractivity contribution >= 4 is 35.0 Å². The molecule has 0 aliphatic heterocycles. The lowest BCUT2D eigenvalue weighted by Gasteiger charge is -2.11. The van der Waals surface area contributed by atoms with E-state index in [2.05, 4.69) is 15.0 Å². The quantitative estimate of drug-likeness (QED) is 0.845. The molecule has 0 saturated carbocycles. The predicted octanol–water partition coefficient (Wildman–Crippen LogP) is 3.81. The number of hydrogen-bond donors (Lipinski definition) is 1. The van der Waals surface area contributed by atoms with Crippen LogP contribution in [0.4, 0.5) is 23.7 Å². The van der Waals surface area contributed by atoms with Crippen LogP contribution >= 0.6 is 23.2 Å². The standard InChI is InChI=1S/C9H7Cl2F3N2O2/c1-4-2-5(10)15-7(11)6(4)16-8(17)18-3-9(12,13)14/h2H,3H2,1H3,(H,16,17). The van der Waals surface area contributed by atoms with E-state index in [0.717, 1.165) is 0 Å². The van der Waals surface area contributed by atoms with Crippen LogP contribution in [0.3, 0.4) is 0 Å². The molecule has 1 aromatic heterocycles. The number of carbonyl (C=O) groups is 1. The summed E-state index contributed by atoms with van der Waals surface area (Å²) >= 11 is 11.3. The van der Waals surface area contributed by atoms with Crippen molar-refractivity contribution in [3.05, 3.63) is 21.9 Å². The molecule has 0 atom stereocenters. The van der Waals surface area contributed by atoms with E-state index >= 15 is 0 Å². The number of halogens is 5. The molecule has 0 bridgehead atoms. The Balaban J connectivity index is 2.71. The molecule has 0 spiro atoms. The average Bonchev–Trinajstić information content (AvgIpc) is 2.19. The molecule has 1 N–H and O–H groups in total. The number of carbonyl (C=O) groups excluding carboxylic acids is 1. The molecular formula is C9H7Cl2F3N2O2. The van der Waals surface area contributed by atoms with Gasteiger partial charge in [-0.15, -0.1) is 0 Å². The van der Waals surface area contributed by atoms with Gasteiger partial charge in [0, 0.05) is 0 Å². The van der Waals surface area contributed by atoms with Crippen LogP contribution in [0.15, 0.2) is 6.07 Å². The molecule has 4 nitrogen and oxygen atoms in total. The summed E-state index contributed by atoms with van der Waals surface area (Å²) in [5.74, 6) is 0. The maximum atomic E-state index is 11.8. The van der Waals surface area contributed by atoms with Gasteiger partial charge in [-0.2, -0.15) is 13.2 Å². The number of alkyl halides is 3. The van der Waals surface area contributed by atoms with Crippen molar-refractivity contribution in [2.75, 3.05) is 11.9 Å². The Morgan fingerprint density at radius 2 is 2.11 bits per heavy atom. The molecule has 0 saturated heterocycles. The third-order valence-corrected chi connectivity index (χ3v) is 2.20. The molecule has 18 heavy (non-hydrogen) atoms. The third-order valence-electron chi connectivity index (χ3n) is 1.74. The molecule has 1 amide bonds. The van der Waals surface area contributed by atoms with E-state index in [1.807, 2.05) is 0 Å². The lowest BCUT2D eigenvalue weighted by molar-refractivity contribution is -0.159. The molecule has 0 fully saturated rings. The minimum absolute atomic E-state index is 0.0493. The highest BCUT2D eigenvalue weighted by Gasteiger charge is 2.29. The third kappa shape index (κ3) is 4.58. The summed E-state index contributed by atoms with van der Waals surface area (Å²) in [7, 11) is 0. The maximum Gasteiger partial charge on any atom is 0.422 e. The number of amides is 1. The number of nitrogens with one attached hydrogen (secondary N) is 1. The Bertz CT molecular complexity index is 443. The first-order valence-electron chi connectivity index (χ1n) is 4.52. The van der Waals surface area contributed by atoms with E-state index < -0.39 is 18.9 Å². The Morgan fingerprint density at radius 3 is 2.61 bits per heavy atom. The van der Waals surface area contributed by atoms with Gasteiger partial charge in [0.1, 0.15) is 5.15 Å². The summed E-state index contributed by atoms with van der Waals surface area (Å²) in [6, 6.07) is 1.40. The fraction of sp³-hybridized carbons (Fsp3) is 0.333. The molecule has 9 heteroatoms. The number of ether oxygens (including phenoxy) is 1. The van der Waals surface area contributed by atoms with Gasteiger partial charge in [-0.05, 0) is 18.6 Å². The van der Waals surface area contributed by atoms with Gasteiger partial charge >= 0.3 is 12.3 Å². The Hall–Kier alpha value is -1.21. The number of pyridine rings is 1. The fourth-order valence-corrected chi connectivity index (χ4v) is 1.61. The van der Waals surface area contributed by atoms with Crippen molar-refractivity contribution in [1.82, 2.24) is 4.98 Å². The number of nitrogens with zero attached hydrogens (tertiary/aromatic N) is 1. The van der Waals surface area contributed by atoms with Crippen molar-refractivity contribution in [3.8, 4) is 0 Å². The van der Waals surface area contributed by atoms with Gasteiger partial charge in [0.05, 0.1) is 5.69 Å². The topological polar surface area (TPSA) is 51.2 Å².